The lowest BCUT2D eigenvalue weighted by Gasteiger charge is -2.14. The number of ether oxygens (including phenoxy) is 1. The van der Waals surface area contributed by atoms with E-state index in [4.69, 9.17) is 17.0 Å². The Morgan fingerprint density at radius 2 is 2.04 bits per heavy atom. The molecule has 0 aliphatic heterocycles. The summed E-state index contributed by atoms with van der Waals surface area (Å²) in [5.41, 5.74) is 2.76. The normalized spacial score (nSPS) is 10.1. The van der Waals surface area contributed by atoms with E-state index in [1.807, 2.05) is 26.0 Å². The van der Waals surface area contributed by atoms with Crippen molar-refractivity contribution in [3.05, 3.63) is 53.1 Å². The van der Waals surface area contributed by atoms with Gasteiger partial charge in [-0.15, -0.1) is 0 Å². The molecule has 6 heteroatoms. The SMILES string of the molecule is CCc1ccc(O)c(NC(=S)NC(=O)c2cccc(C)c2OC)c1. The van der Waals surface area contributed by atoms with Crippen molar-refractivity contribution >= 4 is 28.9 Å². The van der Waals surface area contributed by atoms with E-state index in [1.165, 1.54) is 7.11 Å². The van der Waals surface area contributed by atoms with Gasteiger partial charge in [-0.3, -0.25) is 10.1 Å². The average Bonchev–Trinajstić information content (AvgIpc) is 2.56. The molecule has 5 nitrogen and oxygen atoms in total. The zero-order valence-electron chi connectivity index (χ0n) is 13.8. The number of para-hydroxylation sites is 1. The van der Waals surface area contributed by atoms with Gasteiger partial charge in [0.1, 0.15) is 11.5 Å². The molecule has 0 unspecified atom stereocenters. The number of carbonyl (C=O) groups excluding carboxylic acids is 1. The number of aromatic hydroxyl groups is 1. The lowest BCUT2D eigenvalue weighted by molar-refractivity contribution is 0.0974. The minimum absolute atomic E-state index is 0.0666. The summed E-state index contributed by atoms with van der Waals surface area (Å²) >= 11 is 5.17. The summed E-state index contributed by atoms with van der Waals surface area (Å²) in [4.78, 5) is 12.4. The third kappa shape index (κ3) is 4.02. The highest BCUT2D eigenvalue weighted by Crippen LogP contribution is 2.25. The largest absolute Gasteiger partial charge is 0.506 e. The van der Waals surface area contributed by atoms with Gasteiger partial charge in [-0.05, 0) is 54.9 Å². The highest BCUT2D eigenvalue weighted by molar-refractivity contribution is 7.80. The number of phenols is 1. The van der Waals surface area contributed by atoms with Crippen LogP contribution in [-0.2, 0) is 6.42 Å². The number of amides is 1. The Morgan fingerprint density at radius 3 is 2.71 bits per heavy atom. The molecule has 0 spiro atoms. The highest BCUT2D eigenvalue weighted by atomic mass is 32.1. The molecule has 0 bridgehead atoms. The summed E-state index contributed by atoms with van der Waals surface area (Å²) in [6, 6.07) is 10.5. The van der Waals surface area contributed by atoms with Crippen LogP contribution in [0, 0.1) is 6.92 Å². The van der Waals surface area contributed by atoms with Gasteiger partial charge in [0.15, 0.2) is 5.11 Å². The maximum Gasteiger partial charge on any atom is 0.261 e. The monoisotopic (exact) mass is 344 g/mol. The van der Waals surface area contributed by atoms with Crippen molar-refractivity contribution in [2.75, 3.05) is 12.4 Å². The zero-order valence-corrected chi connectivity index (χ0v) is 14.7. The first-order chi connectivity index (χ1) is 11.5. The predicted molar refractivity (Wildman–Crippen MR) is 98.9 cm³/mol. The van der Waals surface area contributed by atoms with E-state index in [2.05, 4.69) is 10.6 Å². The second-order valence-corrected chi connectivity index (χ2v) is 5.68. The lowest BCUT2D eigenvalue weighted by atomic mass is 10.1. The molecule has 2 rings (SSSR count). The predicted octanol–water partition coefficient (Wildman–Crippen LogP) is 3.40. The van der Waals surface area contributed by atoms with Crippen LogP contribution in [0.15, 0.2) is 36.4 Å². The van der Waals surface area contributed by atoms with E-state index >= 15 is 0 Å². The van der Waals surface area contributed by atoms with Crippen LogP contribution < -0.4 is 15.4 Å². The molecule has 0 fully saturated rings. The van der Waals surface area contributed by atoms with Gasteiger partial charge < -0.3 is 15.2 Å². The molecule has 0 aliphatic rings. The maximum absolute atomic E-state index is 12.4. The zero-order chi connectivity index (χ0) is 17.7. The van der Waals surface area contributed by atoms with Gasteiger partial charge in [0, 0.05) is 0 Å². The van der Waals surface area contributed by atoms with E-state index in [0.29, 0.717) is 17.0 Å². The fourth-order valence-electron chi connectivity index (χ4n) is 2.33. The van der Waals surface area contributed by atoms with E-state index in [1.54, 1.807) is 24.3 Å². The van der Waals surface area contributed by atoms with Crippen LogP contribution >= 0.6 is 12.2 Å². The smallest absolute Gasteiger partial charge is 0.261 e. The Bertz CT molecular complexity index is 775. The third-order valence-electron chi connectivity index (χ3n) is 3.61. The second-order valence-electron chi connectivity index (χ2n) is 5.27. The van der Waals surface area contributed by atoms with Gasteiger partial charge in [-0.1, -0.05) is 25.1 Å². The number of anilines is 1. The van der Waals surface area contributed by atoms with Gasteiger partial charge >= 0.3 is 0 Å². The Labute approximate surface area is 146 Å². The Hall–Kier alpha value is -2.60. The number of aryl methyl sites for hydroxylation is 2. The van der Waals surface area contributed by atoms with Crippen molar-refractivity contribution in [1.29, 1.82) is 0 Å². The number of hydrogen-bond acceptors (Lipinski definition) is 4. The van der Waals surface area contributed by atoms with Crippen molar-refractivity contribution in [1.82, 2.24) is 5.32 Å². The third-order valence-corrected chi connectivity index (χ3v) is 3.81. The standard InChI is InChI=1S/C18H20N2O3S/c1-4-12-8-9-15(21)14(10-12)19-18(24)20-17(22)13-7-5-6-11(2)16(13)23-3/h5-10,21H,4H2,1-3H3,(H2,19,20,22,24). The maximum atomic E-state index is 12.4. The number of carbonyl (C=O) groups is 1. The van der Waals surface area contributed by atoms with E-state index in [9.17, 15) is 9.90 Å². The Morgan fingerprint density at radius 1 is 1.29 bits per heavy atom. The molecule has 0 aliphatic carbocycles. The minimum Gasteiger partial charge on any atom is -0.506 e. The number of hydrogen-bond donors (Lipinski definition) is 3. The molecule has 0 saturated carbocycles. The molecule has 1 amide bonds. The lowest BCUT2D eigenvalue weighted by Crippen LogP contribution is -2.34. The van der Waals surface area contributed by atoms with E-state index in [-0.39, 0.29) is 16.8 Å². The molecule has 0 aromatic heterocycles. The van der Waals surface area contributed by atoms with Gasteiger partial charge in [-0.25, -0.2) is 0 Å². The summed E-state index contributed by atoms with van der Waals surface area (Å²) in [6.45, 7) is 3.88. The summed E-state index contributed by atoms with van der Waals surface area (Å²) in [5.74, 6) is 0.199. The number of methoxy groups -OCH3 is 1. The molecule has 0 atom stereocenters. The summed E-state index contributed by atoms with van der Waals surface area (Å²) < 4.78 is 5.28. The fraction of sp³-hybridized carbons (Fsp3) is 0.222. The number of nitrogens with one attached hydrogen (secondary N) is 2. The first-order valence-corrected chi connectivity index (χ1v) is 7.95. The molecule has 2 aromatic rings. The van der Waals surface area contributed by atoms with Crippen LogP contribution in [-0.4, -0.2) is 23.2 Å². The topological polar surface area (TPSA) is 70.6 Å². The summed E-state index contributed by atoms with van der Waals surface area (Å²) in [5, 5.41) is 15.4. The van der Waals surface area contributed by atoms with Gasteiger partial charge in [0.05, 0.1) is 18.4 Å². The first kappa shape index (κ1) is 17.7. The van der Waals surface area contributed by atoms with Gasteiger partial charge in [-0.2, -0.15) is 0 Å². The number of phenolic OH excluding ortho intramolecular Hbond substituents is 1. The Balaban J connectivity index is 2.13. The van der Waals surface area contributed by atoms with Crippen molar-refractivity contribution in [2.24, 2.45) is 0 Å². The van der Waals surface area contributed by atoms with Crippen molar-refractivity contribution in [2.45, 2.75) is 20.3 Å². The number of thiocarbonyl (C=S) groups is 1. The molecular formula is C18H20N2O3S. The molecule has 0 heterocycles. The molecule has 0 saturated heterocycles. The first-order valence-electron chi connectivity index (χ1n) is 7.54. The van der Waals surface area contributed by atoms with Crippen LogP contribution in [0.3, 0.4) is 0 Å². The van der Waals surface area contributed by atoms with E-state index in [0.717, 1.165) is 17.5 Å². The molecule has 3 N–H and O–H groups in total. The Kier molecular flexibility index (Phi) is 5.76. The fourth-order valence-corrected chi connectivity index (χ4v) is 2.53. The highest BCUT2D eigenvalue weighted by Gasteiger charge is 2.15. The molecule has 0 radical (unpaired) electrons. The van der Waals surface area contributed by atoms with Crippen LogP contribution in [0.1, 0.15) is 28.4 Å². The number of rotatable bonds is 4. The quantitative estimate of drug-likeness (QED) is 0.586. The van der Waals surface area contributed by atoms with Crippen LogP contribution in [0.5, 0.6) is 11.5 Å². The van der Waals surface area contributed by atoms with Crippen molar-refractivity contribution in [3.8, 4) is 11.5 Å². The van der Waals surface area contributed by atoms with E-state index < -0.39 is 0 Å². The summed E-state index contributed by atoms with van der Waals surface area (Å²) in [6.07, 6.45) is 0.828. The van der Waals surface area contributed by atoms with Crippen molar-refractivity contribution in [3.63, 3.8) is 0 Å². The van der Waals surface area contributed by atoms with Crippen molar-refractivity contribution < 1.29 is 14.6 Å². The van der Waals surface area contributed by atoms with Crippen LogP contribution in [0.25, 0.3) is 0 Å². The molecule has 24 heavy (non-hydrogen) atoms. The molecule has 126 valence electrons. The summed E-state index contributed by atoms with van der Waals surface area (Å²) in [7, 11) is 1.52. The van der Waals surface area contributed by atoms with Gasteiger partial charge in [0.25, 0.3) is 5.91 Å². The van der Waals surface area contributed by atoms with Crippen LogP contribution in [0.4, 0.5) is 5.69 Å². The number of benzene rings is 2. The van der Waals surface area contributed by atoms with Gasteiger partial charge in [0.2, 0.25) is 0 Å². The average molecular weight is 344 g/mol. The second kappa shape index (κ2) is 7.79. The van der Waals surface area contributed by atoms with Crippen LogP contribution in [0.2, 0.25) is 0 Å². The molecule has 2 aromatic carbocycles. The molecular weight excluding hydrogens is 324 g/mol. The minimum atomic E-state index is -0.376.